The van der Waals surface area contributed by atoms with Gasteiger partial charge in [-0.05, 0) is 38.5 Å². The molecule has 1 fully saturated rings. The van der Waals surface area contributed by atoms with Crippen molar-refractivity contribution < 1.29 is 8.42 Å². The van der Waals surface area contributed by atoms with Gasteiger partial charge in [0.15, 0.2) is 5.03 Å². The van der Waals surface area contributed by atoms with Gasteiger partial charge in [-0.2, -0.15) is 9.40 Å². The molecule has 1 aromatic rings. The number of nitrogens with one attached hydrogen (secondary N) is 1. The zero-order chi connectivity index (χ0) is 15.6. The third-order valence-corrected chi connectivity index (χ3v) is 6.65. The Morgan fingerprint density at radius 1 is 1.33 bits per heavy atom. The standard InChI is InChI=1S/C14H26N4O2S/c1-4-11-5-7-12(8-6-11)18(3)21(19,20)14-13(9-15)10(2)16-17-14/h11-12H,4-9,15H2,1-3H3,(H,16,17). The molecule has 0 aromatic carbocycles. The maximum atomic E-state index is 12.8. The Morgan fingerprint density at radius 3 is 2.48 bits per heavy atom. The van der Waals surface area contributed by atoms with Gasteiger partial charge in [-0.15, -0.1) is 0 Å². The molecule has 1 aliphatic rings. The van der Waals surface area contributed by atoms with Gasteiger partial charge in [-0.3, -0.25) is 5.10 Å². The first-order valence-electron chi connectivity index (χ1n) is 7.63. The molecule has 3 N–H and O–H groups in total. The molecule has 1 aliphatic carbocycles. The number of nitrogens with two attached hydrogens (primary N) is 1. The van der Waals surface area contributed by atoms with E-state index in [9.17, 15) is 8.42 Å². The van der Waals surface area contributed by atoms with E-state index < -0.39 is 10.0 Å². The Morgan fingerprint density at radius 2 is 1.95 bits per heavy atom. The minimum atomic E-state index is -3.57. The van der Waals surface area contributed by atoms with Crippen LogP contribution in [0, 0.1) is 12.8 Å². The quantitative estimate of drug-likeness (QED) is 0.866. The molecule has 0 aliphatic heterocycles. The van der Waals surface area contributed by atoms with E-state index in [1.54, 1.807) is 14.0 Å². The van der Waals surface area contributed by atoms with Crippen molar-refractivity contribution in [3.8, 4) is 0 Å². The molecule has 1 aromatic heterocycles. The van der Waals surface area contributed by atoms with Crippen molar-refractivity contribution in [1.29, 1.82) is 0 Å². The van der Waals surface area contributed by atoms with Gasteiger partial charge in [0.05, 0.1) is 0 Å². The lowest BCUT2D eigenvalue weighted by Crippen LogP contribution is -2.40. The Labute approximate surface area is 127 Å². The van der Waals surface area contributed by atoms with Crippen LogP contribution in [0.25, 0.3) is 0 Å². The van der Waals surface area contributed by atoms with E-state index in [-0.39, 0.29) is 17.6 Å². The van der Waals surface area contributed by atoms with Crippen LogP contribution in [0.2, 0.25) is 0 Å². The predicted octanol–water partition coefficient (Wildman–Crippen LogP) is 1.77. The van der Waals surface area contributed by atoms with E-state index >= 15 is 0 Å². The van der Waals surface area contributed by atoms with E-state index in [2.05, 4.69) is 17.1 Å². The fourth-order valence-corrected chi connectivity index (χ4v) is 4.72. The van der Waals surface area contributed by atoms with Gasteiger partial charge < -0.3 is 5.73 Å². The summed E-state index contributed by atoms with van der Waals surface area (Å²) in [5, 5.41) is 6.79. The van der Waals surface area contributed by atoms with Gasteiger partial charge in [0, 0.05) is 30.9 Å². The minimum Gasteiger partial charge on any atom is -0.326 e. The van der Waals surface area contributed by atoms with Crippen molar-refractivity contribution in [2.24, 2.45) is 11.7 Å². The highest BCUT2D eigenvalue weighted by Gasteiger charge is 2.34. The zero-order valence-electron chi connectivity index (χ0n) is 13.1. The Kier molecular flexibility index (Phi) is 5.06. The summed E-state index contributed by atoms with van der Waals surface area (Å²) in [6.07, 6.45) is 5.24. The molecule has 120 valence electrons. The molecule has 0 amide bonds. The van der Waals surface area contributed by atoms with Crippen LogP contribution in [0.4, 0.5) is 0 Å². The van der Waals surface area contributed by atoms with Crippen molar-refractivity contribution in [1.82, 2.24) is 14.5 Å². The molecule has 0 bridgehead atoms. The summed E-state index contributed by atoms with van der Waals surface area (Å²) in [6, 6.07) is 0.0698. The van der Waals surface area contributed by atoms with Gasteiger partial charge >= 0.3 is 0 Å². The van der Waals surface area contributed by atoms with Gasteiger partial charge in [0.1, 0.15) is 0 Å². The van der Waals surface area contributed by atoms with Crippen LogP contribution in [-0.4, -0.2) is 36.0 Å². The Balaban J connectivity index is 2.19. The summed E-state index contributed by atoms with van der Waals surface area (Å²) in [5.74, 6) is 0.740. The number of sulfonamides is 1. The van der Waals surface area contributed by atoms with E-state index in [1.807, 2.05) is 0 Å². The summed E-state index contributed by atoms with van der Waals surface area (Å²) < 4.78 is 27.0. The molecule has 6 nitrogen and oxygen atoms in total. The van der Waals surface area contributed by atoms with Crippen molar-refractivity contribution in [3.63, 3.8) is 0 Å². The molecule has 0 unspecified atom stereocenters. The lowest BCUT2D eigenvalue weighted by Gasteiger charge is -2.33. The summed E-state index contributed by atoms with van der Waals surface area (Å²) in [7, 11) is -1.91. The third kappa shape index (κ3) is 3.14. The number of aromatic amines is 1. The molecule has 0 spiro atoms. The van der Waals surface area contributed by atoms with Crippen LogP contribution in [0.3, 0.4) is 0 Å². The first-order valence-corrected chi connectivity index (χ1v) is 9.07. The van der Waals surface area contributed by atoms with Crippen molar-refractivity contribution in [2.75, 3.05) is 7.05 Å². The van der Waals surface area contributed by atoms with E-state index in [4.69, 9.17) is 5.73 Å². The van der Waals surface area contributed by atoms with Crippen LogP contribution in [0.5, 0.6) is 0 Å². The van der Waals surface area contributed by atoms with Crippen molar-refractivity contribution >= 4 is 10.0 Å². The van der Waals surface area contributed by atoms with Crippen LogP contribution >= 0.6 is 0 Å². The maximum absolute atomic E-state index is 12.8. The smallest absolute Gasteiger partial charge is 0.262 e. The highest BCUT2D eigenvalue weighted by Crippen LogP contribution is 2.31. The van der Waals surface area contributed by atoms with Crippen LogP contribution in [0.15, 0.2) is 5.03 Å². The molecule has 1 saturated carbocycles. The summed E-state index contributed by atoms with van der Waals surface area (Å²) in [6.45, 7) is 4.17. The van der Waals surface area contributed by atoms with Crippen LogP contribution < -0.4 is 5.73 Å². The molecule has 21 heavy (non-hydrogen) atoms. The summed E-state index contributed by atoms with van der Waals surface area (Å²) in [4.78, 5) is 0. The first-order chi connectivity index (χ1) is 9.91. The maximum Gasteiger partial charge on any atom is 0.262 e. The van der Waals surface area contributed by atoms with E-state index in [1.165, 1.54) is 10.7 Å². The predicted molar refractivity (Wildman–Crippen MR) is 82.2 cm³/mol. The highest BCUT2D eigenvalue weighted by molar-refractivity contribution is 7.89. The largest absolute Gasteiger partial charge is 0.326 e. The van der Waals surface area contributed by atoms with Gasteiger partial charge in [0.2, 0.25) is 0 Å². The van der Waals surface area contributed by atoms with Gasteiger partial charge in [-0.25, -0.2) is 8.42 Å². The second kappa shape index (κ2) is 6.46. The molecular weight excluding hydrogens is 288 g/mol. The second-order valence-electron chi connectivity index (χ2n) is 5.94. The van der Waals surface area contributed by atoms with Crippen LogP contribution in [-0.2, 0) is 16.6 Å². The number of aromatic nitrogens is 2. The van der Waals surface area contributed by atoms with Gasteiger partial charge in [0.25, 0.3) is 10.0 Å². The number of rotatable bonds is 5. The van der Waals surface area contributed by atoms with E-state index in [0.717, 1.165) is 37.3 Å². The fraction of sp³-hybridized carbons (Fsp3) is 0.786. The molecule has 2 rings (SSSR count). The molecule has 0 atom stereocenters. The molecular formula is C14H26N4O2S. The number of aryl methyl sites for hydroxylation is 1. The topological polar surface area (TPSA) is 92.1 Å². The lowest BCUT2D eigenvalue weighted by atomic mass is 9.85. The number of nitrogens with zero attached hydrogens (tertiary/aromatic N) is 2. The third-order valence-electron chi connectivity index (χ3n) is 4.77. The average molecular weight is 314 g/mol. The lowest BCUT2D eigenvalue weighted by molar-refractivity contribution is 0.232. The average Bonchev–Trinajstić information content (AvgIpc) is 2.88. The summed E-state index contributed by atoms with van der Waals surface area (Å²) >= 11 is 0. The number of hydrogen-bond acceptors (Lipinski definition) is 4. The summed E-state index contributed by atoms with van der Waals surface area (Å²) in [5.41, 5.74) is 6.97. The van der Waals surface area contributed by atoms with Crippen molar-refractivity contribution in [3.05, 3.63) is 11.3 Å². The molecule has 7 heteroatoms. The fourth-order valence-electron chi connectivity index (χ4n) is 3.13. The first kappa shape index (κ1) is 16.5. The monoisotopic (exact) mass is 314 g/mol. The normalized spacial score (nSPS) is 23.7. The molecule has 0 saturated heterocycles. The molecule has 1 heterocycles. The SMILES string of the molecule is CCC1CCC(N(C)S(=O)(=O)c2n[nH]c(C)c2CN)CC1. The molecule has 0 radical (unpaired) electrons. The minimum absolute atomic E-state index is 0.0698. The highest BCUT2D eigenvalue weighted by atomic mass is 32.2. The Hall–Kier alpha value is -0.920. The zero-order valence-corrected chi connectivity index (χ0v) is 13.9. The van der Waals surface area contributed by atoms with Crippen molar-refractivity contribution in [2.45, 2.75) is 63.6 Å². The number of H-pyrrole nitrogens is 1. The van der Waals surface area contributed by atoms with Crippen LogP contribution in [0.1, 0.15) is 50.3 Å². The Bertz CT molecular complexity index is 574. The van der Waals surface area contributed by atoms with Gasteiger partial charge in [-0.1, -0.05) is 13.3 Å². The van der Waals surface area contributed by atoms with E-state index in [0.29, 0.717) is 5.56 Å². The second-order valence-corrected chi connectivity index (χ2v) is 7.85. The number of hydrogen-bond donors (Lipinski definition) is 2.